The average Bonchev–Trinajstić information content (AvgIpc) is 3.52. The monoisotopic (exact) mass is 602 g/mol. The highest BCUT2D eigenvalue weighted by Gasteiger charge is 2.49. The molecule has 12 heteroatoms. The largest absolute Gasteiger partial charge is 0.542 e. The summed E-state index contributed by atoms with van der Waals surface area (Å²) in [6.45, 7) is 2.95. The quantitative estimate of drug-likeness (QED) is 0.240. The maximum atomic E-state index is 13.5. The van der Waals surface area contributed by atoms with E-state index in [-0.39, 0.29) is 23.7 Å². The number of hydrogen-bond donors (Lipinski definition) is 1. The van der Waals surface area contributed by atoms with Crippen LogP contribution in [-0.2, 0) is 14.3 Å². The van der Waals surface area contributed by atoms with Crippen molar-refractivity contribution in [2.75, 3.05) is 26.2 Å². The zero-order valence-electron chi connectivity index (χ0n) is 22.4. The zero-order chi connectivity index (χ0) is 30.3. The Morgan fingerprint density at radius 2 is 1.55 bits per heavy atom. The smallest absolute Gasteiger partial charge is 0.430 e. The Balaban J connectivity index is 0.000000517. The van der Waals surface area contributed by atoms with Gasteiger partial charge in [0, 0.05) is 24.3 Å². The number of thiophene rings is 1. The van der Waals surface area contributed by atoms with Crippen LogP contribution in [0.25, 0.3) is 0 Å². The van der Waals surface area contributed by atoms with Gasteiger partial charge in [0.2, 0.25) is 5.78 Å². The van der Waals surface area contributed by atoms with Gasteiger partial charge in [-0.2, -0.15) is 13.2 Å². The number of amides is 1. The topological polar surface area (TPSA) is 113 Å². The van der Waals surface area contributed by atoms with Crippen molar-refractivity contribution in [2.45, 2.75) is 31.2 Å². The minimum Gasteiger partial charge on any atom is -0.542 e. The number of Topliss-reactive ketones (excluding diaryl/α,β-unsaturated/α-hetero) is 1. The maximum absolute atomic E-state index is 13.5. The lowest BCUT2D eigenvalue weighted by Gasteiger charge is -2.51. The molecule has 0 radical (unpaired) electrons. The van der Waals surface area contributed by atoms with Gasteiger partial charge in [-0.1, -0.05) is 54.6 Å². The minimum atomic E-state index is -5.19. The van der Waals surface area contributed by atoms with Crippen LogP contribution in [0.15, 0.2) is 78.2 Å². The molecule has 2 bridgehead atoms. The number of nitrogens with one attached hydrogen (secondary N) is 1. The van der Waals surface area contributed by atoms with E-state index in [1.54, 1.807) is 24.3 Å². The van der Waals surface area contributed by atoms with Gasteiger partial charge in [0.25, 0.3) is 5.91 Å². The molecule has 1 N–H and O–H groups in total. The molecule has 1 aromatic heterocycles. The highest BCUT2D eigenvalue weighted by atomic mass is 32.1. The lowest BCUT2D eigenvalue weighted by molar-refractivity contribution is -0.938. The van der Waals surface area contributed by atoms with Crippen LogP contribution in [0.5, 0.6) is 0 Å². The molecule has 0 aliphatic carbocycles. The van der Waals surface area contributed by atoms with Gasteiger partial charge >= 0.3 is 12.1 Å². The molecular weight excluding hydrogens is 573 g/mol. The molecule has 3 saturated heterocycles. The van der Waals surface area contributed by atoms with Gasteiger partial charge in [0.15, 0.2) is 12.1 Å². The molecule has 222 valence electrons. The summed E-state index contributed by atoms with van der Waals surface area (Å²) in [5, 5.41) is 13.6. The summed E-state index contributed by atoms with van der Waals surface area (Å²) in [5.41, 5.74) is 1.17. The van der Waals surface area contributed by atoms with Crippen molar-refractivity contribution in [3.05, 3.63) is 94.2 Å². The van der Waals surface area contributed by atoms with Gasteiger partial charge in [0.05, 0.1) is 18.0 Å². The lowest BCUT2D eigenvalue weighted by Crippen LogP contribution is -2.65. The van der Waals surface area contributed by atoms with E-state index in [0.29, 0.717) is 28.7 Å². The molecule has 42 heavy (non-hydrogen) atoms. The van der Waals surface area contributed by atoms with Gasteiger partial charge in [-0.25, -0.2) is 4.79 Å². The molecule has 0 unspecified atom stereocenters. The number of ether oxygens (including phenoxy) is 1. The summed E-state index contributed by atoms with van der Waals surface area (Å²) in [6, 6.07) is 20.9. The minimum absolute atomic E-state index is 0.155. The van der Waals surface area contributed by atoms with Crippen LogP contribution in [0.4, 0.5) is 13.2 Å². The van der Waals surface area contributed by atoms with Crippen molar-refractivity contribution in [2.24, 2.45) is 5.92 Å². The number of ketones is 1. The van der Waals surface area contributed by atoms with Crippen LogP contribution < -0.4 is 10.4 Å². The summed E-state index contributed by atoms with van der Waals surface area (Å²) >= 11 is 1.47. The predicted octanol–water partition coefficient (Wildman–Crippen LogP) is 3.55. The molecule has 2 atom stereocenters. The number of carbonyl (C=O) groups excluding carboxylic acids is 4. The first kappa shape index (κ1) is 30.9. The van der Waals surface area contributed by atoms with Crippen molar-refractivity contribution >= 4 is 35.0 Å². The number of carboxylic acids is 1. The van der Waals surface area contributed by atoms with Crippen molar-refractivity contribution in [3.8, 4) is 0 Å². The summed E-state index contributed by atoms with van der Waals surface area (Å²) in [7, 11) is 0. The van der Waals surface area contributed by atoms with Crippen LogP contribution >= 0.6 is 11.3 Å². The van der Waals surface area contributed by atoms with E-state index >= 15 is 0 Å². The number of quaternary nitrogens is 1. The second-order valence-corrected chi connectivity index (χ2v) is 11.3. The third-order valence-electron chi connectivity index (χ3n) is 7.50. The number of carbonyl (C=O) groups is 4. The van der Waals surface area contributed by atoms with E-state index < -0.39 is 24.2 Å². The van der Waals surface area contributed by atoms with E-state index in [1.165, 1.54) is 11.3 Å². The summed E-state index contributed by atoms with van der Waals surface area (Å²) in [5.74, 6) is -3.34. The number of esters is 1. The number of halogens is 3. The van der Waals surface area contributed by atoms with E-state index in [2.05, 4.69) is 5.32 Å². The summed E-state index contributed by atoms with van der Waals surface area (Å²) in [4.78, 5) is 48.8. The van der Waals surface area contributed by atoms with E-state index in [9.17, 15) is 27.6 Å². The van der Waals surface area contributed by atoms with E-state index in [4.69, 9.17) is 14.6 Å². The van der Waals surface area contributed by atoms with Crippen molar-refractivity contribution in [1.82, 2.24) is 5.32 Å². The van der Waals surface area contributed by atoms with Gasteiger partial charge in [-0.15, -0.1) is 11.3 Å². The number of rotatable bonds is 8. The number of hydrogen-bond acceptors (Lipinski definition) is 7. The Morgan fingerprint density at radius 3 is 2.10 bits per heavy atom. The average molecular weight is 603 g/mol. The molecule has 4 heterocycles. The number of nitrogens with zero attached hydrogens (tertiary/aromatic N) is 1. The number of carboxylic acid groups (broad SMARTS) is 1. The fourth-order valence-corrected chi connectivity index (χ4v) is 6.00. The molecule has 0 spiro atoms. The summed E-state index contributed by atoms with van der Waals surface area (Å²) in [6.07, 6.45) is -3.59. The zero-order valence-corrected chi connectivity index (χ0v) is 23.2. The second kappa shape index (κ2) is 13.3. The first-order valence-corrected chi connectivity index (χ1v) is 14.2. The molecule has 1 amide bonds. The third-order valence-corrected chi connectivity index (χ3v) is 8.41. The first-order valence-electron chi connectivity index (χ1n) is 13.3. The Bertz CT molecular complexity index is 1380. The Hall–Kier alpha value is -4.03. The van der Waals surface area contributed by atoms with Gasteiger partial charge in [-0.3, -0.25) is 9.59 Å². The molecule has 2 aromatic carbocycles. The molecule has 0 saturated carbocycles. The van der Waals surface area contributed by atoms with Crippen molar-refractivity contribution in [1.29, 1.82) is 0 Å². The van der Waals surface area contributed by atoms with Crippen LogP contribution in [0.2, 0.25) is 0 Å². The molecule has 8 nitrogen and oxygen atoms in total. The fraction of sp³-hybridized carbons (Fsp3) is 0.333. The predicted molar refractivity (Wildman–Crippen MR) is 145 cm³/mol. The molecule has 6 rings (SSSR count). The van der Waals surface area contributed by atoms with Crippen LogP contribution in [0.3, 0.4) is 0 Å². The lowest BCUT2D eigenvalue weighted by atomic mass is 9.83. The Kier molecular flexibility index (Phi) is 9.79. The van der Waals surface area contributed by atoms with Crippen LogP contribution in [0, 0.1) is 5.92 Å². The van der Waals surface area contributed by atoms with E-state index in [0.717, 1.165) is 30.8 Å². The number of piperidine rings is 3. The SMILES string of the molecule is O=C(N[C@H](C(=O)O[C@H]1C[N+]2(CC(=O)c3cccs3)CCC1CC2)c1ccccc1)c1ccccc1.O=C([O-])C(F)(F)F. The molecular formula is C30H29F3N2O6S. The number of benzene rings is 2. The Morgan fingerprint density at radius 1 is 0.952 bits per heavy atom. The van der Waals surface area contributed by atoms with Crippen molar-refractivity contribution < 1.29 is 46.7 Å². The molecule has 3 aliphatic heterocycles. The number of aliphatic carboxylic acids is 1. The third kappa shape index (κ3) is 7.83. The number of alkyl halides is 3. The maximum Gasteiger partial charge on any atom is 0.430 e. The highest BCUT2D eigenvalue weighted by molar-refractivity contribution is 7.12. The van der Waals surface area contributed by atoms with Crippen LogP contribution in [-0.4, -0.2) is 66.6 Å². The van der Waals surface area contributed by atoms with Gasteiger partial charge < -0.3 is 24.4 Å². The van der Waals surface area contributed by atoms with Crippen molar-refractivity contribution in [3.63, 3.8) is 0 Å². The number of fused-ring (bicyclic) bond motifs is 3. The Labute approximate surface area is 244 Å². The second-order valence-electron chi connectivity index (χ2n) is 10.3. The van der Waals surface area contributed by atoms with Crippen LogP contribution in [0.1, 0.15) is 44.5 Å². The molecule has 3 aromatic rings. The van der Waals surface area contributed by atoms with E-state index in [1.807, 2.05) is 53.9 Å². The first-order chi connectivity index (χ1) is 20.0. The standard InChI is InChI=1S/C28H28N2O4S.C2HF3O2/c31-23(25-12-7-17-35-25)18-30-15-13-20(14-16-30)24(19-30)34-28(33)26(21-8-3-1-4-9-21)29-27(32)22-10-5-2-6-11-22;3-2(4,5)1(6)7/h1-12,17,20,24,26H,13-16,18-19H2;(H,6,7)/t20?,24-,26-,30?;/m0./s1. The highest BCUT2D eigenvalue weighted by Crippen LogP contribution is 2.36. The summed E-state index contributed by atoms with van der Waals surface area (Å²) < 4.78 is 38.3. The molecule has 3 aliphatic rings. The van der Waals surface area contributed by atoms with Gasteiger partial charge in [0.1, 0.15) is 19.1 Å². The normalized spacial score (nSPS) is 21.8. The fourth-order valence-electron chi connectivity index (χ4n) is 5.34. The van der Waals surface area contributed by atoms with Gasteiger partial charge in [-0.05, 0) is 29.1 Å². The molecule has 3 fully saturated rings.